The standard InChI is InChI=1S/C14H24N2O3/c1-2-14(13(18)19)6-9-15(11-14)10-12(17)16-7-4-3-5-8-16/h2-11H2,1H3,(H,18,19). The molecular weight excluding hydrogens is 244 g/mol. The number of piperidine rings is 1. The SMILES string of the molecule is CCC1(C(=O)O)CCN(CC(=O)N2CCCCC2)C1. The molecule has 2 saturated heterocycles. The Morgan fingerprint density at radius 3 is 2.37 bits per heavy atom. The maximum Gasteiger partial charge on any atom is 0.310 e. The minimum absolute atomic E-state index is 0.164. The van der Waals surface area contributed by atoms with Crippen LogP contribution in [0, 0.1) is 5.41 Å². The number of carbonyl (C=O) groups excluding carboxylic acids is 1. The Morgan fingerprint density at radius 2 is 1.84 bits per heavy atom. The number of carboxylic acid groups (broad SMARTS) is 1. The monoisotopic (exact) mass is 268 g/mol. The molecule has 0 aromatic heterocycles. The van der Waals surface area contributed by atoms with Crippen molar-refractivity contribution in [1.29, 1.82) is 0 Å². The molecule has 0 bridgehead atoms. The topological polar surface area (TPSA) is 60.9 Å². The summed E-state index contributed by atoms with van der Waals surface area (Å²) in [4.78, 5) is 27.5. The summed E-state index contributed by atoms with van der Waals surface area (Å²) in [7, 11) is 0. The van der Waals surface area contributed by atoms with Gasteiger partial charge in [0.1, 0.15) is 0 Å². The predicted molar refractivity (Wildman–Crippen MR) is 71.8 cm³/mol. The van der Waals surface area contributed by atoms with Gasteiger partial charge in [-0.15, -0.1) is 0 Å². The van der Waals surface area contributed by atoms with Crippen molar-refractivity contribution in [3.8, 4) is 0 Å². The van der Waals surface area contributed by atoms with Crippen LogP contribution in [0.4, 0.5) is 0 Å². The van der Waals surface area contributed by atoms with E-state index in [1.165, 1.54) is 6.42 Å². The van der Waals surface area contributed by atoms with E-state index in [1.54, 1.807) is 0 Å². The zero-order valence-electron chi connectivity index (χ0n) is 11.7. The van der Waals surface area contributed by atoms with E-state index in [0.717, 1.165) is 32.5 Å². The van der Waals surface area contributed by atoms with E-state index < -0.39 is 11.4 Å². The largest absolute Gasteiger partial charge is 0.481 e. The number of nitrogens with zero attached hydrogens (tertiary/aromatic N) is 2. The highest BCUT2D eigenvalue weighted by molar-refractivity contribution is 5.79. The summed E-state index contributed by atoms with van der Waals surface area (Å²) in [6, 6.07) is 0. The molecule has 1 atom stereocenters. The third-order valence-electron chi connectivity index (χ3n) is 4.63. The molecule has 0 aliphatic carbocycles. The fourth-order valence-electron chi connectivity index (χ4n) is 3.14. The number of amides is 1. The number of hydrogen-bond donors (Lipinski definition) is 1. The molecule has 2 aliphatic rings. The zero-order chi connectivity index (χ0) is 13.9. The lowest BCUT2D eigenvalue weighted by Crippen LogP contribution is -2.43. The minimum Gasteiger partial charge on any atom is -0.481 e. The molecule has 108 valence electrons. The number of carboxylic acids is 1. The van der Waals surface area contributed by atoms with Crippen molar-refractivity contribution in [1.82, 2.24) is 9.80 Å². The second-order valence-corrected chi connectivity index (χ2v) is 5.84. The van der Waals surface area contributed by atoms with Crippen LogP contribution in [0.1, 0.15) is 39.0 Å². The van der Waals surface area contributed by atoms with Crippen LogP contribution >= 0.6 is 0 Å². The second-order valence-electron chi connectivity index (χ2n) is 5.84. The summed E-state index contributed by atoms with van der Waals surface area (Å²) in [6.45, 7) is 5.27. The second kappa shape index (κ2) is 5.90. The first-order chi connectivity index (χ1) is 9.07. The highest BCUT2D eigenvalue weighted by Crippen LogP contribution is 2.34. The molecule has 1 unspecified atom stereocenters. The van der Waals surface area contributed by atoms with Crippen molar-refractivity contribution in [3.63, 3.8) is 0 Å². The fraction of sp³-hybridized carbons (Fsp3) is 0.857. The maximum atomic E-state index is 12.2. The van der Waals surface area contributed by atoms with Crippen LogP contribution in [0.25, 0.3) is 0 Å². The van der Waals surface area contributed by atoms with Gasteiger partial charge < -0.3 is 10.0 Å². The highest BCUT2D eigenvalue weighted by Gasteiger charge is 2.43. The van der Waals surface area contributed by atoms with Crippen LogP contribution in [0.15, 0.2) is 0 Å². The quantitative estimate of drug-likeness (QED) is 0.832. The normalized spacial score (nSPS) is 28.6. The van der Waals surface area contributed by atoms with Crippen LogP contribution < -0.4 is 0 Å². The van der Waals surface area contributed by atoms with Gasteiger partial charge >= 0.3 is 5.97 Å². The summed E-state index contributed by atoms with van der Waals surface area (Å²) in [5.41, 5.74) is -0.637. The van der Waals surface area contributed by atoms with Gasteiger partial charge in [-0.1, -0.05) is 6.92 Å². The zero-order valence-corrected chi connectivity index (χ0v) is 11.7. The summed E-state index contributed by atoms with van der Waals surface area (Å²) in [6.07, 6.45) is 4.70. The summed E-state index contributed by atoms with van der Waals surface area (Å²) in [5.74, 6) is -0.556. The molecular formula is C14H24N2O3. The van der Waals surface area contributed by atoms with E-state index in [0.29, 0.717) is 25.9 Å². The molecule has 2 rings (SSSR count). The molecule has 0 aromatic carbocycles. The summed E-state index contributed by atoms with van der Waals surface area (Å²) < 4.78 is 0. The lowest BCUT2D eigenvalue weighted by Gasteiger charge is -2.29. The number of hydrogen-bond acceptors (Lipinski definition) is 3. The molecule has 2 fully saturated rings. The van der Waals surface area contributed by atoms with Gasteiger partial charge in [-0.05, 0) is 38.6 Å². The predicted octanol–water partition coefficient (Wildman–Crippen LogP) is 1.19. The van der Waals surface area contributed by atoms with Crippen LogP contribution in [0.3, 0.4) is 0 Å². The first-order valence-corrected chi connectivity index (χ1v) is 7.31. The molecule has 1 amide bonds. The number of carbonyl (C=O) groups is 2. The molecule has 2 aliphatic heterocycles. The van der Waals surface area contributed by atoms with Crippen LogP contribution in [-0.4, -0.2) is 59.5 Å². The summed E-state index contributed by atoms with van der Waals surface area (Å²) in [5, 5.41) is 9.34. The molecule has 0 saturated carbocycles. The van der Waals surface area contributed by atoms with Gasteiger partial charge in [0.05, 0.1) is 12.0 Å². The van der Waals surface area contributed by atoms with Gasteiger partial charge in [-0.2, -0.15) is 0 Å². The Labute approximate surface area is 114 Å². The van der Waals surface area contributed by atoms with E-state index in [2.05, 4.69) is 0 Å². The number of likely N-dealkylation sites (tertiary alicyclic amines) is 2. The van der Waals surface area contributed by atoms with Gasteiger partial charge in [0, 0.05) is 19.6 Å². The summed E-state index contributed by atoms with van der Waals surface area (Å²) >= 11 is 0. The van der Waals surface area contributed by atoms with Gasteiger partial charge in [0.15, 0.2) is 0 Å². The first kappa shape index (κ1) is 14.3. The lowest BCUT2D eigenvalue weighted by molar-refractivity contribution is -0.148. The Kier molecular flexibility index (Phi) is 4.45. The fourth-order valence-corrected chi connectivity index (χ4v) is 3.14. The van der Waals surface area contributed by atoms with Crippen molar-refractivity contribution in [2.24, 2.45) is 5.41 Å². The minimum atomic E-state index is -0.720. The molecule has 2 heterocycles. The maximum absolute atomic E-state index is 12.2. The number of rotatable bonds is 4. The molecule has 19 heavy (non-hydrogen) atoms. The molecule has 0 radical (unpaired) electrons. The van der Waals surface area contributed by atoms with E-state index in [9.17, 15) is 14.7 Å². The molecule has 5 heteroatoms. The van der Waals surface area contributed by atoms with Gasteiger partial charge in [-0.3, -0.25) is 14.5 Å². The van der Waals surface area contributed by atoms with E-state index in [-0.39, 0.29) is 5.91 Å². The molecule has 0 aromatic rings. The van der Waals surface area contributed by atoms with E-state index in [1.807, 2.05) is 16.7 Å². The Morgan fingerprint density at radius 1 is 1.16 bits per heavy atom. The van der Waals surface area contributed by atoms with Gasteiger partial charge in [0.25, 0.3) is 0 Å². The Hall–Kier alpha value is -1.10. The highest BCUT2D eigenvalue weighted by atomic mass is 16.4. The first-order valence-electron chi connectivity index (χ1n) is 7.31. The molecule has 5 nitrogen and oxygen atoms in total. The van der Waals surface area contributed by atoms with E-state index >= 15 is 0 Å². The average Bonchev–Trinajstić information content (AvgIpc) is 2.84. The Bertz CT molecular complexity index is 353. The third-order valence-corrected chi connectivity index (χ3v) is 4.63. The van der Waals surface area contributed by atoms with Crippen molar-refractivity contribution in [2.45, 2.75) is 39.0 Å². The van der Waals surface area contributed by atoms with Crippen molar-refractivity contribution in [2.75, 3.05) is 32.7 Å². The van der Waals surface area contributed by atoms with Crippen LogP contribution in [0.2, 0.25) is 0 Å². The van der Waals surface area contributed by atoms with Crippen molar-refractivity contribution < 1.29 is 14.7 Å². The van der Waals surface area contributed by atoms with Gasteiger partial charge in [-0.25, -0.2) is 0 Å². The van der Waals surface area contributed by atoms with E-state index in [4.69, 9.17) is 0 Å². The molecule has 0 spiro atoms. The van der Waals surface area contributed by atoms with Crippen molar-refractivity contribution >= 4 is 11.9 Å². The molecule has 1 N–H and O–H groups in total. The van der Waals surface area contributed by atoms with Crippen LogP contribution in [0.5, 0.6) is 0 Å². The van der Waals surface area contributed by atoms with Gasteiger partial charge in [0.2, 0.25) is 5.91 Å². The average molecular weight is 268 g/mol. The smallest absolute Gasteiger partial charge is 0.310 e. The van der Waals surface area contributed by atoms with Crippen molar-refractivity contribution in [3.05, 3.63) is 0 Å². The Balaban J connectivity index is 1.87. The lowest BCUT2D eigenvalue weighted by atomic mass is 9.84. The van der Waals surface area contributed by atoms with Crippen LogP contribution in [-0.2, 0) is 9.59 Å². The third kappa shape index (κ3) is 3.08. The number of aliphatic carboxylic acids is 1.